The second kappa shape index (κ2) is 5.00. The van der Waals surface area contributed by atoms with Crippen molar-refractivity contribution in [1.82, 2.24) is 5.32 Å². The third-order valence-corrected chi connectivity index (χ3v) is 4.00. The zero-order valence-corrected chi connectivity index (χ0v) is 13.0. The number of hydrogen-bond acceptors (Lipinski definition) is 3. The van der Waals surface area contributed by atoms with E-state index in [1.165, 1.54) is 0 Å². The molecule has 1 aromatic carbocycles. The van der Waals surface area contributed by atoms with E-state index in [0.717, 1.165) is 27.0 Å². The van der Waals surface area contributed by atoms with Gasteiger partial charge in [-0.3, -0.25) is 10.1 Å². The normalized spacial score (nSPS) is 15.7. The summed E-state index contributed by atoms with van der Waals surface area (Å²) in [6.07, 6.45) is 0.555. The molecule has 0 saturated heterocycles. The number of rotatable bonds is 2. The molecule has 0 amide bonds. The lowest BCUT2D eigenvalue weighted by Gasteiger charge is -2.24. The van der Waals surface area contributed by atoms with Crippen molar-refractivity contribution >= 4 is 5.84 Å². The number of aromatic hydroxyl groups is 1. The van der Waals surface area contributed by atoms with Crippen molar-refractivity contribution in [3.05, 3.63) is 33.5 Å². The number of nitrogens with zero attached hydrogens (tertiary/aromatic N) is 1. The van der Waals surface area contributed by atoms with E-state index in [2.05, 4.69) is 26.1 Å². The molecule has 1 aromatic rings. The standard InChI is InChI=1S/C16H24N2O2/c1-10-8-13(16(3,4)5)15(19)11(2)12(10)9-14-17-6-7-18(14)20/h8,17,19H,6-7,9H2,1-5H3. The lowest BCUT2D eigenvalue weighted by Crippen LogP contribution is -2.24. The van der Waals surface area contributed by atoms with Gasteiger partial charge in [0.05, 0.1) is 6.42 Å². The fourth-order valence-corrected chi connectivity index (χ4v) is 2.70. The van der Waals surface area contributed by atoms with Crippen LogP contribution in [0.15, 0.2) is 6.07 Å². The third kappa shape index (κ3) is 2.60. The first-order valence-electron chi connectivity index (χ1n) is 7.08. The van der Waals surface area contributed by atoms with Crippen LogP contribution in [0.5, 0.6) is 5.75 Å². The van der Waals surface area contributed by atoms with E-state index in [9.17, 15) is 10.3 Å². The third-order valence-electron chi connectivity index (χ3n) is 4.00. The summed E-state index contributed by atoms with van der Waals surface area (Å²) < 4.78 is 1.01. The molecule has 1 aliphatic heterocycles. The summed E-state index contributed by atoms with van der Waals surface area (Å²) in [6, 6.07) is 2.04. The van der Waals surface area contributed by atoms with Gasteiger partial charge < -0.3 is 10.3 Å². The largest absolute Gasteiger partial charge is 0.715 e. The van der Waals surface area contributed by atoms with Crippen LogP contribution in [0.25, 0.3) is 0 Å². The number of hydroxylamine groups is 1. The Balaban J connectivity index is 2.46. The fraction of sp³-hybridized carbons (Fsp3) is 0.562. The Morgan fingerprint density at radius 3 is 2.50 bits per heavy atom. The molecule has 0 radical (unpaired) electrons. The fourth-order valence-electron chi connectivity index (χ4n) is 2.70. The van der Waals surface area contributed by atoms with E-state index in [0.29, 0.717) is 31.1 Å². The van der Waals surface area contributed by atoms with E-state index < -0.39 is 0 Å². The van der Waals surface area contributed by atoms with Crippen molar-refractivity contribution in [1.29, 1.82) is 0 Å². The van der Waals surface area contributed by atoms with Crippen LogP contribution in [0.4, 0.5) is 0 Å². The quantitative estimate of drug-likeness (QED) is 0.644. The Labute approximate surface area is 120 Å². The molecule has 0 unspecified atom stereocenters. The van der Waals surface area contributed by atoms with Gasteiger partial charge in [0, 0.05) is 0 Å². The summed E-state index contributed by atoms with van der Waals surface area (Å²) in [6.45, 7) is 11.4. The predicted octanol–water partition coefficient (Wildman–Crippen LogP) is 2.36. The number of phenols is 1. The summed E-state index contributed by atoms with van der Waals surface area (Å²) in [7, 11) is 0. The molecule has 0 aromatic heterocycles. The van der Waals surface area contributed by atoms with Crippen molar-refractivity contribution in [3.63, 3.8) is 0 Å². The van der Waals surface area contributed by atoms with Crippen LogP contribution in [0.3, 0.4) is 0 Å². The second-order valence-electron chi connectivity index (χ2n) is 6.60. The molecule has 0 bridgehead atoms. The average molecular weight is 276 g/mol. The van der Waals surface area contributed by atoms with Gasteiger partial charge in [-0.1, -0.05) is 26.8 Å². The molecule has 4 nitrogen and oxygen atoms in total. The minimum atomic E-state index is -0.0958. The van der Waals surface area contributed by atoms with Crippen LogP contribution in [0, 0.1) is 19.1 Å². The summed E-state index contributed by atoms with van der Waals surface area (Å²) >= 11 is 0. The maximum atomic E-state index is 11.7. The van der Waals surface area contributed by atoms with Gasteiger partial charge in [-0.25, -0.2) is 0 Å². The number of benzene rings is 1. The minimum absolute atomic E-state index is 0.0958. The molecule has 110 valence electrons. The molecule has 0 atom stereocenters. The zero-order valence-electron chi connectivity index (χ0n) is 13.0. The first kappa shape index (κ1) is 14.7. The Hall–Kier alpha value is -1.71. The zero-order chi connectivity index (χ0) is 15.1. The van der Waals surface area contributed by atoms with E-state index in [1.54, 1.807) is 0 Å². The van der Waals surface area contributed by atoms with Crippen LogP contribution < -0.4 is 5.32 Å². The molecule has 20 heavy (non-hydrogen) atoms. The Bertz CT molecular complexity index is 569. The SMILES string of the molecule is Cc1cc(C(C)(C)C)c(O)c(C)c1CC1=[N+]([O-])CCN1. The number of amidine groups is 1. The van der Waals surface area contributed by atoms with Gasteiger partial charge in [0.25, 0.3) is 5.84 Å². The highest BCUT2D eigenvalue weighted by atomic mass is 16.5. The Morgan fingerprint density at radius 2 is 2.00 bits per heavy atom. The molecule has 1 heterocycles. The van der Waals surface area contributed by atoms with Gasteiger partial charge >= 0.3 is 0 Å². The average Bonchev–Trinajstić information content (AvgIpc) is 2.73. The van der Waals surface area contributed by atoms with Crippen LogP contribution in [-0.2, 0) is 11.8 Å². The Kier molecular flexibility index (Phi) is 3.67. The maximum absolute atomic E-state index is 11.7. The van der Waals surface area contributed by atoms with E-state index in [-0.39, 0.29) is 5.41 Å². The highest BCUT2D eigenvalue weighted by Gasteiger charge is 2.24. The molecular weight excluding hydrogens is 252 g/mol. The molecule has 2 rings (SSSR count). The molecule has 0 spiro atoms. The molecule has 0 fully saturated rings. The molecule has 1 aliphatic rings. The lowest BCUT2D eigenvalue weighted by molar-refractivity contribution is -0.447. The van der Waals surface area contributed by atoms with Crippen LogP contribution in [0.2, 0.25) is 0 Å². The number of nitrogens with one attached hydrogen (secondary N) is 1. The lowest BCUT2D eigenvalue weighted by atomic mass is 9.82. The highest BCUT2D eigenvalue weighted by molar-refractivity contribution is 5.82. The number of aryl methyl sites for hydroxylation is 1. The van der Waals surface area contributed by atoms with Gasteiger partial charge in [-0.15, -0.1) is 0 Å². The summed E-state index contributed by atoms with van der Waals surface area (Å²) in [4.78, 5) is 0. The van der Waals surface area contributed by atoms with Crippen molar-refractivity contribution in [2.75, 3.05) is 13.1 Å². The Morgan fingerprint density at radius 1 is 1.35 bits per heavy atom. The number of phenolic OH excluding ortho intramolecular Hbond substituents is 1. The van der Waals surface area contributed by atoms with Gasteiger partial charge in [0.1, 0.15) is 18.8 Å². The molecule has 0 aliphatic carbocycles. The topological polar surface area (TPSA) is 58.3 Å². The molecule has 2 N–H and O–H groups in total. The first-order valence-corrected chi connectivity index (χ1v) is 7.08. The van der Waals surface area contributed by atoms with Crippen LogP contribution >= 0.6 is 0 Å². The van der Waals surface area contributed by atoms with Crippen molar-refractivity contribution in [3.8, 4) is 5.75 Å². The molecule has 4 heteroatoms. The monoisotopic (exact) mass is 276 g/mol. The van der Waals surface area contributed by atoms with E-state index in [1.807, 2.05) is 19.9 Å². The van der Waals surface area contributed by atoms with Gasteiger partial charge in [-0.05, 0) is 41.5 Å². The van der Waals surface area contributed by atoms with Crippen molar-refractivity contribution in [2.45, 2.75) is 46.5 Å². The van der Waals surface area contributed by atoms with Crippen molar-refractivity contribution in [2.24, 2.45) is 0 Å². The summed E-state index contributed by atoms with van der Waals surface area (Å²) in [5.41, 5.74) is 3.91. The van der Waals surface area contributed by atoms with E-state index >= 15 is 0 Å². The predicted molar refractivity (Wildman–Crippen MR) is 81.5 cm³/mol. The summed E-state index contributed by atoms with van der Waals surface area (Å²) in [5, 5.41) is 25.2. The minimum Gasteiger partial charge on any atom is -0.715 e. The van der Waals surface area contributed by atoms with Crippen LogP contribution in [-0.4, -0.2) is 28.8 Å². The van der Waals surface area contributed by atoms with Gasteiger partial charge in [0.15, 0.2) is 0 Å². The van der Waals surface area contributed by atoms with Crippen LogP contribution in [0.1, 0.15) is 43.0 Å². The smallest absolute Gasteiger partial charge is 0.252 e. The molecule has 0 saturated carbocycles. The maximum Gasteiger partial charge on any atom is 0.252 e. The summed E-state index contributed by atoms with van der Waals surface area (Å²) in [5.74, 6) is 1.05. The number of hydrogen-bond donors (Lipinski definition) is 2. The van der Waals surface area contributed by atoms with Gasteiger partial charge in [0.2, 0.25) is 0 Å². The van der Waals surface area contributed by atoms with Gasteiger partial charge in [-0.2, -0.15) is 0 Å². The van der Waals surface area contributed by atoms with Crippen molar-refractivity contribution < 1.29 is 9.85 Å². The first-order chi connectivity index (χ1) is 9.21. The van der Waals surface area contributed by atoms with E-state index in [4.69, 9.17) is 0 Å². The highest BCUT2D eigenvalue weighted by Crippen LogP contribution is 2.36. The molecular formula is C16H24N2O2. The second-order valence-corrected chi connectivity index (χ2v) is 6.60.